The molecular weight excluding hydrogens is 747 g/mol. The van der Waals surface area contributed by atoms with Gasteiger partial charge in [-0.3, -0.25) is 15.1 Å². The maximum absolute atomic E-state index is 12.3. The summed E-state index contributed by atoms with van der Waals surface area (Å²) >= 11 is 0. The van der Waals surface area contributed by atoms with Gasteiger partial charge in [0.2, 0.25) is 5.96 Å². The molecule has 0 aromatic carbocycles. The molecule has 0 rings (SSSR count). The van der Waals surface area contributed by atoms with Crippen LogP contribution in [0.25, 0.3) is 0 Å². The molecule has 9 nitrogen and oxygen atoms in total. The number of hydrogen-bond donors (Lipinski definition) is 1. The Morgan fingerprint density at radius 2 is 1.10 bits per heavy atom. The van der Waals surface area contributed by atoms with Crippen LogP contribution in [0.5, 0.6) is 0 Å². The molecule has 0 aromatic heterocycles. The molecule has 0 aliphatic heterocycles. The van der Waals surface area contributed by atoms with Crippen LogP contribution in [-0.2, 0) is 19.0 Å². The molecule has 9 heteroatoms. The van der Waals surface area contributed by atoms with Crippen LogP contribution < -0.4 is 5.32 Å². The maximum Gasteiger partial charge on any atom is 0.305 e. The van der Waals surface area contributed by atoms with Crippen molar-refractivity contribution in [2.24, 2.45) is 10.9 Å². The van der Waals surface area contributed by atoms with Gasteiger partial charge < -0.3 is 24.0 Å². The molecule has 0 heterocycles. The van der Waals surface area contributed by atoms with Gasteiger partial charge in [0.25, 0.3) is 0 Å². The lowest BCUT2D eigenvalue weighted by Crippen LogP contribution is -2.34. The van der Waals surface area contributed by atoms with E-state index in [1.807, 2.05) is 25.2 Å². The number of guanidine groups is 1. The van der Waals surface area contributed by atoms with Gasteiger partial charge in [-0.1, -0.05) is 182 Å². The molecular formula is C51H103N5O4. The number of hydrogen-bond acceptors (Lipinski definition) is 7. The minimum absolute atomic E-state index is 0. The van der Waals surface area contributed by atoms with Crippen LogP contribution >= 0.6 is 0 Å². The summed E-state index contributed by atoms with van der Waals surface area (Å²) in [6.45, 7) is 14.8. The largest absolute Gasteiger partial charge is 0.465 e. The first-order chi connectivity index (χ1) is 29.4. The fourth-order valence-electron chi connectivity index (χ4n) is 7.85. The molecule has 0 aromatic rings. The van der Waals surface area contributed by atoms with Gasteiger partial charge in [-0.05, 0) is 76.9 Å². The summed E-state index contributed by atoms with van der Waals surface area (Å²) in [6.07, 6.45) is 42.9. The number of aliphatic imine (C=N–C) groups is 1. The van der Waals surface area contributed by atoms with Crippen LogP contribution in [0.3, 0.4) is 0 Å². The molecule has 0 saturated carbocycles. The Hall–Kier alpha value is -1.89. The van der Waals surface area contributed by atoms with Crippen molar-refractivity contribution in [1.82, 2.24) is 15.1 Å². The van der Waals surface area contributed by atoms with E-state index in [1.165, 1.54) is 173 Å². The summed E-state index contributed by atoms with van der Waals surface area (Å²) < 4.78 is 17.8. The summed E-state index contributed by atoms with van der Waals surface area (Å²) in [7, 11) is 3.81. The zero-order valence-electron chi connectivity index (χ0n) is 40.9. The monoisotopic (exact) mass is 850 g/mol. The van der Waals surface area contributed by atoms with Crippen molar-refractivity contribution in [1.29, 1.82) is 5.26 Å². The van der Waals surface area contributed by atoms with Gasteiger partial charge in [-0.2, -0.15) is 5.26 Å². The van der Waals surface area contributed by atoms with E-state index in [9.17, 15) is 4.79 Å². The zero-order valence-corrected chi connectivity index (χ0v) is 40.9. The highest BCUT2D eigenvalue weighted by atomic mass is 16.7. The third kappa shape index (κ3) is 41.5. The third-order valence-corrected chi connectivity index (χ3v) is 11.8. The number of carbonyl (C=O) groups excluding carboxylic acids is 1. The van der Waals surface area contributed by atoms with E-state index in [0.717, 1.165) is 58.3 Å². The normalized spacial score (nSPS) is 12.3. The van der Waals surface area contributed by atoms with E-state index in [4.69, 9.17) is 19.5 Å². The Bertz CT molecular complexity index is 965. The molecule has 0 amide bonds. The molecule has 0 radical (unpaired) electrons. The number of nitrogens with zero attached hydrogens (tertiary/aromatic N) is 4. The van der Waals surface area contributed by atoms with E-state index >= 15 is 0 Å². The second-order valence-electron chi connectivity index (χ2n) is 18.1. The number of nitrogens with one attached hydrogen (secondary N) is 1. The minimum Gasteiger partial charge on any atom is -0.465 e. The average Bonchev–Trinajstić information content (AvgIpc) is 3.24. The van der Waals surface area contributed by atoms with Gasteiger partial charge in [0.15, 0.2) is 6.19 Å². The number of nitriles is 1. The lowest BCUT2D eigenvalue weighted by atomic mass is 10.0. The summed E-state index contributed by atoms with van der Waals surface area (Å²) in [6, 6.07) is 0. The van der Waals surface area contributed by atoms with Crippen LogP contribution in [0.15, 0.2) is 4.99 Å². The Morgan fingerprint density at radius 1 is 0.633 bits per heavy atom. The highest BCUT2D eigenvalue weighted by Crippen LogP contribution is 2.18. The number of esters is 1. The number of carbonyl (C=O) groups is 1. The summed E-state index contributed by atoms with van der Waals surface area (Å²) in [4.78, 5) is 21.4. The molecule has 1 N–H and O–H groups in total. The summed E-state index contributed by atoms with van der Waals surface area (Å²) in [5.41, 5.74) is 0. The molecule has 356 valence electrons. The highest BCUT2D eigenvalue weighted by molar-refractivity contribution is 5.80. The van der Waals surface area contributed by atoms with Crippen molar-refractivity contribution in [3.8, 4) is 6.19 Å². The Labute approximate surface area is 374 Å². The van der Waals surface area contributed by atoms with Crippen molar-refractivity contribution in [3.63, 3.8) is 0 Å². The Morgan fingerprint density at radius 3 is 1.63 bits per heavy atom. The van der Waals surface area contributed by atoms with E-state index in [0.29, 0.717) is 44.3 Å². The van der Waals surface area contributed by atoms with Gasteiger partial charge in [0.1, 0.15) is 6.79 Å². The zero-order chi connectivity index (χ0) is 44.0. The average molecular weight is 850 g/mol. The van der Waals surface area contributed by atoms with Crippen molar-refractivity contribution in [2.75, 3.05) is 60.3 Å². The summed E-state index contributed by atoms with van der Waals surface area (Å²) in [5.74, 6) is 1.06. The van der Waals surface area contributed by atoms with Crippen molar-refractivity contribution < 1.29 is 20.4 Å². The van der Waals surface area contributed by atoms with Gasteiger partial charge in [-0.25, -0.2) is 0 Å². The van der Waals surface area contributed by atoms with Gasteiger partial charge in [0, 0.05) is 35.1 Å². The number of ether oxygens (including phenoxy) is 3. The molecule has 0 bridgehead atoms. The second-order valence-corrected chi connectivity index (χ2v) is 18.1. The van der Waals surface area contributed by atoms with Crippen molar-refractivity contribution in [3.05, 3.63) is 0 Å². The Balaban J connectivity index is 0. The molecule has 0 fully saturated rings. The lowest BCUT2D eigenvalue weighted by molar-refractivity contribution is -0.145. The maximum atomic E-state index is 12.3. The number of rotatable bonds is 46. The molecule has 0 aliphatic carbocycles. The summed E-state index contributed by atoms with van der Waals surface area (Å²) in [5, 5.41) is 11.7. The van der Waals surface area contributed by atoms with E-state index in [2.05, 4.69) is 42.9 Å². The van der Waals surface area contributed by atoms with Crippen LogP contribution in [0.4, 0.5) is 0 Å². The first-order valence-electron chi connectivity index (χ1n) is 25.8. The molecule has 0 spiro atoms. The van der Waals surface area contributed by atoms with Gasteiger partial charge in [-0.15, -0.1) is 0 Å². The van der Waals surface area contributed by atoms with Crippen LogP contribution in [0, 0.1) is 17.4 Å². The Kier molecular flexibility index (Phi) is 45.1. The van der Waals surface area contributed by atoms with Crippen molar-refractivity contribution in [2.45, 2.75) is 246 Å². The van der Waals surface area contributed by atoms with Gasteiger partial charge in [0.05, 0.1) is 12.7 Å². The standard InChI is InChI=1S/C51H101N5O4.H2/c1-7-10-13-16-22-29-37-49(38-30-23-17-14-11-8-2)60-47-58-44-34-27-19-18-25-32-41-56(43-35-40-53-51(54-46-52)55(5)6)42-33-26-20-24-31-39-50(57)59-45-48(4)36-28-21-15-12-9-3;/h48-49H,7-45,47H2,1-6H3,(H,53,54);1H. The minimum atomic E-state index is -0.0247. The van der Waals surface area contributed by atoms with E-state index < -0.39 is 0 Å². The van der Waals surface area contributed by atoms with Gasteiger partial charge >= 0.3 is 5.97 Å². The smallest absolute Gasteiger partial charge is 0.305 e. The fraction of sp³-hybridized carbons (Fsp3) is 0.941. The van der Waals surface area contributed by atoms with E-state index in [1.54, 1.807) is 0 Å². The topological polar surface area (TPSA) is 99.4 Å². The highest BCUT2D eigenvalue weighted by Gasteiger charge is 2.11. The second kappa shape index (κ2) is 46.6. The van der Waals surface area contributed by atoms with E-state index in [-0.39, 0.29) is 7.40 Å². The first kappa shape index (κ1) is 58.1. The third-order valence-electron chi connectivity index (χ3n) is 11.8. The molecule has 0 aliphatic rings. The molecule has 1 unspecified atom stereocenters. The molecule has 60 heavy (non-hydrogen) atoms. The fourth-order valence-corrected chi connectivity index (χ4v) is 7.85. The SMILES string of the molecule is CCCCCCCCC(CCCCCCCC)OCOCCCCCCCCN(CCCCCCCC(=O)OCC(C)CCCCCCC)CCCN=C(NC#N)N(C)C.[HH]. The van der Waals surface area contributed by atoms with Crippen molar-refractivity contribution >= 4 is 11.9 Å². The molecule has 0 saturated heterocycles. The number of unbranched alkanes of at least 4 members (excludes halogenated alkanes) is 23. The van der Waals surface area contributed by atoms with Crippen LogP contribution in [0.1, 0.15) is 241 Å². The van der Waals surface area contributed by atoms with Crippen LogP contribution in [-0.4, -0.2) is 88.1 Å². The first-order valence-corrected chi connectivity index (χ1v) is 25.8. The predicted octanol–water partition coefficient (Wildman–Crippen LogP) is 14.0. The predicted molar refractivity (Wildman–Crippen MR) is 258 cm³/mol. The van der Waals surface area contributed by atoms with Crippen LogP contribution in [0.2, 0.25) is 0 Å². The molecule has 1 atom stereocenters. The lowest BCUT2D eigenvalue weighted by Gasteiger charge is -2.22. The quantitative estimate of drug-likeness (QED) is 0.0123.